The first kappa shape index (κ1) is 18.3. The van der Waals surface area contributed by atoms with Crippen molar-refractivity contribution >= 4 is 34.2 Å². The quantitative estimate of drug-likeness (QED) is 0.618. The molecule has 2 aromatic carbocycles. The minimum absolute atomic E-state index is 0.274. The minimum Gasteiger partial charge on any atom is -0.497 e. The molecule has 3 aromatic rings. The van der Waals surface area contributed by atoms with Crippen LogP contribution in [-0.2, 0) is 12.8 Å². The number of furan rings is 1. The predicted molar refractivity (Wildman–Crippen MR) is 106 cm³/mol. The number of amides is 1. The lowest BCUT2D eigenvalue weighted by atomic mass is 10.0. The van der Waals surface area contributed by atoms with E-state index in [0.29, 0.717) is 16.4 Å². The Hall–Kier alpha value is -2.46. The second-order valence-electron chi connectivity index (χ2n) is 6.14. The summed E-state index contributed by atoms with van der Waals surface area (Å²) in [7, 11) is 1.61. The highest BCUT2D eigenvalue weighted by Gasteiger charge is 2.21. The first-order valence-corrected chi connectivity index (χ1v) is 9.06. The van der Waals surface area contributed by atoms with E-state index in [1.807, 2.05) is 44.2 Å². The fraction of sp³-hybridized carbons (Fsp3) is 0.286. The molecule has 0 bridgehead atoms. The van der Waals surface area contributed by atoms with E-state index in [2.05, 4.69) is 12.2 Å². The third-order valence-electron chi connectivity index (χ3n) is 4.66. The molecular formula is C21H22ClNO3. The van der Waals surface area contributed by atoms with Crippen LogP contribution < -0.4 is 10.1 Å². The average Bonchev–Trinajstić information content (AvgIpc) is 2.98. The lowest BCUT2D eigenvalue weighted by molar-refractivity contribution is 0.0997. The van der Waals surface area contributed by atoms with E-state index in [9.17, 15) is 4.79 Å². The van der Waals surface area contributed by atoms with Crippen LogP contribution in [0.5, 0.6) is 5.75 Å². The number of anilines is 1. The number of hydrogen-bond acceptors (Lipinski definition) is 3. The fourth-order valence-electron chi connectivity index (χ4n) is 3.18. The molecule has 26 heavy (non-hydrogen) atoms. The fourth-order valence-corrected chi connectivity index (χ4v) is 3.47. The lowest BCUT2D eigenvalue weighted by Crippen LogP contribution is -2.15. The number of rotatable bonds is 5. The highest BCUT2D eigenvalue weighted by Crippen LogP contribution is 2.32. The van der Waals surface area contributed by atoms with E-state index in [-0.39, 0.29) is 5.91 Å². The molecule has 0 radical (unpaired) electrons. The van der Waals surface area contributed by atoms with Gasteiger partial charge in [0.25, 0.3) is 5.91 Å². The molecule has 0 atom stereocenters. The van der Waals surface area contributed by atoms with Gasteiger partial charge in [0.15, 0.2) is 5.76 Å². The van der Waals surface area contributed by atoms with Crippen molar-refractivity contribution in [2.75, 3.05) is 12.4 Å². The van der Waals surface area contributed by atoms with Gasteiger partial charge in [0.05, 0.1) is 7.11 Å². The Labute approximate surface area is 158 Å². The summed E-state index contributed by atoms with van der Waals surface area (Å²) in [6.07, 6.45) is 1.54. The molecule has 5 heteroatoms. The molecular weight excluding hydrogens is 350 g/mol. The number of nitrogens with one attached hydrogen (secondary N) is 1. The highest BCUT2D eigenvalue weighted by molar-refractivity contribution is 6.32. The Morgan fingerprint density at radius 2 is 1.96 bits per heavy atom. The van der Waals surface area contributed by atoms with Gasteiger partial charge in [-0.15, -0.1) is 0 Å². The number of hydrogen-bond donors (Lipinski definition) is 1. The number of benzene rings is 2. The number of halogens is 1. The third kappa shape index (κ3) is 3.17. The predicted octanol–water partition coefficient (Wildman–Crippen LogP) is 5.78. The number of ether oxygens (including phenoxy) is 1. The molecule has 0 aliphatic heterocycles. The SMILES string of the molecule is CCc1ccc(Cl)c(CC)c1NC(=O)c1oc2ccc(OC)cc2c1C. The van der Waals surface area contributed by atoms with E-state index in [4.69, 9.17) is 20.8 Å². The summed E-state index contributed by atoms with van der Waals surface area (Å²) in [5, 5.41) is 4.55. The molecule has 1 heterocycles. The molecule has 1 amide bonds. The van der Waals surface area contributed by atoms with E-state index >= 15 is 0 Å². The van der Waals surface area contributed by atoms with Crippen molar-refractivity contribution in [1.82, 2.24) is 0 Å². The van der Waals surface area contributed by atoms with Crippen LogP contribution in [0, 0.1) is 6.92 Å². The largest absolute Gasteiger partial charge is 0.497 e. The average molecular weight is 372 g/mol. The Morgan fingerprint density at radius 3 is 2.62 bits per heavy atom. The van der Waals surface area contributed by atoms with Crippen LogP contribution in [0.3, 0.4) is 0 Å². The molecule has 3 rings (SSSR count). The van der Waals surface area contributed by atoms with E-state index < -0.39 is 0 Å². The standard InChI is InChI=1S/C21H22ClNO3/c1-5-13-7-9-17(22)15(6-2)19(13)23-21(24)20-12(3)16-11-14(25-4)8-10-18(16)26-20/h7-11H,5-6H2,1-4H3,(H,23,24). The Morgan fingerprint density at radius 1 is 1.19 bits per heavy atom. The van der Waals surface area contributed by atoms with Crippen LogP contribution in [0.15, 0.2) is 34.7 Å². The zero-order valence-electron chi connectivity index (χ0n) is 15.4. The van der Waals surface area contributed by atoms with Crippen molar-refractivity contribution < 1.29 is 13.9 Å². The normalized spacial score (nSPS) is 11.0. The molecule has 4 nitrogen and oxygen atoms in total. The van der Waals surface area contributed by atoms with Gasteiger partial charge in [-0.1, -0.05) is 31.5 Å². The van der Waals surface area contributed by atoms with Crippen molar-refractivity contribution in [2.24, 2.45) is 0 Å². The first-order valence-electron chi connectivity index (χ1n) is 8.68. The maximum Gasteiger partial charge on any atom is 0.291 e. The zero-order valence-corrected chi connectivity index (χ0v) is 16.2. The molecule has 0 aliphatic rings. The van der Waals surface area contributed by atoms with Gasteiger partial charge in [0.2, 0.25) is 0 Å². The van der Waals surface area contributed by atoms with Crippen molar-refractivity contribution in [2.45, 2.75) is 33.6 Å². The molecule has 0 unspecified atom stereocenters. The van der Waals surface area contributed by atoms with Crippen LogP contribution in [-0.4, -0.2) is 13.0 Å². The summed E-state index contributed by atoms with van der Waals surface area (Å²) in [5.74, 6) is 0.756. The van der Waals surface area contributed by atoms with Gasteiger partial charge >= 0.3 is 0 Å². The van der Waals surface area contributed by atoms with Crippen LogP contribution in [0.4, 0.5) is 5.69 Å². The van der Waals surface area contributed by atoms with Gasteiger partial charge in [0.1, 0.15) is 11.3 Å². The van der Waals surface area contributed by atoms with Crippen LogP contribution >= 0.6 is 11.6 Å². The van der Waals surface area contributed by atoms with E-state index in [0.717, 1.165) is 46.4 Å². The van der Waals surface area contributed by atoms with E-state index in [1.54, 1.807) is 7.11 Å². The summed E-state index contributed by atoms with van der Waals surface area (Å²) in [5.41, 5.74) is 4.22. The van der Waals surface area contributed by atoms with Gasteiger partial charge < -0.3 is 14.5 Å². The number of carbonyl (C=O) groups excluding carboxylic acids is 1. The lowest BCUT2D eigenvalue weighted by Gasteiger charge is -2.15. The van der Waals surface area contributed by atoms with Gasteiger partial charge in [-0.25, -0.2) is 0 Å². The summed E-state index contributed by atoms with van der Waals surface area (Å²) in [6, 6.07) is 9.33. The van der Waals surface area contributed by atoms with Crippen LogP contribution in [0.25, 0.3) is 11.0 Å². The van der Waals surface area contributed by atoms with Crippen molar-refractivity contribution in [3.8, 4) is 5.75 Å². The zero-order chi connectivity index (χ0) is 18.8. The second-order valence-corrected chi connectivity index (χ2v) is 6.55. The summed E-state index contributed by atoms with van der Waals surface area (Å²) >= 11 is 6.33. The summed E-state index contributed by atoms with van der Waals surface area (Å²) < 4.78 is 11.1. The number of aryl methyl sites for hydroxylation is 2. The molecule has 0 saturated carbocycles. The monoisotopic (exact) mass is 371 g/mol. The molecule has 1 aromatic heterocycles. The van der Waals surface area contributed by atoms with Gasteiger partial charge in [-0.3, -0.25) is 4.79 Å². The van der Waals surface area contributed by atoms with Gasteiger partial charge in [-0.2, -0.15) is 0 Å². The second kappa shape index (κ2) is 7.42. The molecule has 0 spiro atoms. The molecule has 0 fully saturated rings. The van der Waals surface area contributed by atoms with Gasteiger partial charge in [0, 0.05) is 21.7 Å². The molecule has 136 valence electrons. The van der Waals surface area contributed by atoms with Crippen molar-refractivity contribution in [3.63, 3.8) is 0 Å². The Balaban J connectivity index is 2.03. The molecule has 0 saturated heterocycles. The highest BCUT2D eigenvalue weighted by atomic mass is 35.5. The Kier molecular flexibility index (Phi) is 5.23. The summed E-state index contributed by atoms with van der Waals surface area (Å²) in [6.45, 7) is 5.95. The van der Waals surface area contributed by atoms with Crippen molar-refractivity contribution in [3.05, 3.63) is 57.8 Å². The third-order valence-corrected chi connectivity index (χ3v) is 5.02. The number of methoxy groups -OCH3 is 1. The van der Waals surface area contributed by atoms with E-state index in [1.165, 1.54) is 0 Å². The van der Waals surface area contributed by atoms with Crippen molar-refractivity contribution in [1.29, 1.82) is 0 Å². The smallest absolute Gasteiger partial charge is 0.291 e. The first-order chi connectivity index (χ1) is 12.5. The molecule has 0 aliphatic carbocycles. The molecule has 1 N–H and O–H groups in total. The minimum atomic E-state index is -0.274. The van der Waals surface area contributed by atoms with Crippen LogP contribution in [0.2, 0.25) is 5.02 Å². The number of carbonyl (C=O) groups is 1. The number of fused-ring (bicyclic) bond motifs is 1. The maximum absolute atomic E-state index is 12.9. The summed E-state index contributed by atoms with van der Waals surface area (Å²) in [4.78, 5) is 12.9. The topological polar surface area (TPSA) is 51.5 Å². The maximum atomic E-state index is 12.9. The van der Waals surface area contributed by atoms with Crippen LogP contribution in [0.1, 0.15) is 41.1 Å². The Bertz CT molecular complexity index is 975. The van der Waals surface area contributed by atoms with Gasteiger partial charge in [-0.05, 0) is 55.2 Å².